The van der Waals surface area contributed by atoms with Gasteiger partial charge >= 0.3 is 11.8 Å². The van der Waals surface area contributed by atoms with Gasteiger partial charge in [0.1, 0.15) is 5.82 Å². The number of benzene rings is 1. The third-order valence-electron chi connectivity index (χ3n) is 3.87. The van der Waals surface area contributed by atoms with E-state index in [9.17, 15) is 9.18 Å². The Labute approximate surface area is 127 Å². The minimum Gasteiger partial charge on any atom is -0.361 e. The fraction of sp³-hybridized carbons (Fsp3) is 0.400. The minimum absolute atomic E-state index is 0.111. The van der Waals surface area contributed by atoms with E-state index in [2.05, 4.69) is 15.0 Å². The number of hydrogen-bond acceptors (Lipinski definition) is 5. The van der Waals surface area contributed by atoms with Crippen molar-refractivity contribution in [1.29, 1.82) is 0 Å². The van der Waals surface area contributed by atoms with Crippen molar-refractivity contribution in [2.24, 2.45) is 5.73 Å². The molecule has 1 amide bonds. The molecule has 0 radical (unpaired) electrons. The zero-order chi connectivity index (χ0) is 15.5. The fourth-order valence-electron chi connectivity index (χ4n) is 2.87. The van der Waals surface area contributed by atoms with Crippen molar-refractivity contribution in [3.8, 4) is 0 Å². The average molecular weight is 304 g/mol. The van der Waals surface area contributed by atoms with Crippen LogP contribution in [0.4, 0.5) is 4.39 Å². The maximum absolute atomic E-state index is 13.5. The van der Waals surface area contributed by atoms with Gasteiger partial charge in [-0.25, -0.2) is 4.39 Å². The van der Waals surface area contributed by atoms with Gasteiger partial charge in [0.2, 0.25) is 0 Å². The maximum Gasteiger partial charge on any atom is 0.315 e. The number of amides is 1. The number of hydrogen-bond donors (Lipinski definition) is 1. The Hall–Kier alpha value is -2.28. The van der Waals surface area contributed by atoms with E-state index in [1.165, 1.54) is 6.07 Å². The summed E-state index contributed by atoms with van der Waals surface area (Å²) in [5, 5.41) is 3.77. The Balaban J connectivity index is 1.78. The summed E-state index contributed by atoms with van der Waals surface area (Å²) in [4.78, 5) is 17.2. The van der Waals surface area contributed by atoms with Crippen LogP contribution >= 0.6 is 0 Å². The first-order chi connectivity index (χ1) is 10.6. The lowest BCUT2D eigenvalue weighted by atomic mass is 9.95. The first-order valence-corrected chi connectivity index (χ1v) is 7.25. The normalized spacial score (nSPS) is 19.2. The summed E-state index contributed by atoms with van der Waals surface area (Å²) in [6.45, 7) is 1.31. The molecule has 0 aliphatic carbocycles. The molecule has 1 saturated heterocycles. The topological polar surface area (TPSA) is 85.3 Å². The van der Waals surface area contributed by atoms with Crippen molar-refractivity contribution in [2.45, 2.75) is 31.8 Å². The van der Waals surface area contributed by atoms with Gasteiger partial charge in [0.15, 0.2) is 5.82 Å². The third kappa shape index (κ3) is 3.14. The summed E-state index contributed by atoms with van der Waals surface area (Å²) < 4.78 is 18.3. The van der Waals surface area contributed by atoms with Gasteiger partial charge in [0.25, 0.3) is 0 Å². The third-order valence-corrected chi connectivity index (χ3v) is 3.87. The molecule has 0 spiro atoms. The molecule has 2 N–H and O–H groups in total. The van der Waals surface area contributed by atoms with E-state index < -0.39 is 5.91 Å². The maximum atomic E-state index is 13.5. The summed E-state index contributed by atoms with van der Waals surface area (Å²) in [6.07, 6.45) is 3.10. The number of aromatic nitrogens is 2. The van der Waals surface area contributed by atoms with Gasteiger partial charge in [-0.05, 0) is 37.1 Å². The minimum atomic E-state index is -0.737. The smallest absolute Gasteiger partial charge is 0.315 e. The zero-order valence-electron chi connectivity index (χ0n) is 12.0. The number of rotatable bonds is 4. The predicted molar refractivity (Wildman–Crippen MR) is 76.2 cm³/mol. The first-order valence-electron chi connectivity index (χ1n) is 7.25. The number of primary amides is 1. The molecule has 1 aliphatic rings. The predicted octanol–water partition coefficient (Wildman–Crippen LogP) is 2.03. The van der Waals surface area contributed by atoms with Crippen molar-refractivity contribution < 1.29 is 13.7 Å². The molecule has 2 aromatic rings. The highest BCUT2D eigenvalue weighted by molar-refractivity contribution is 5.87. The van der Waals surface area contributed by atoms with Crippen molar-refractivity contribution >= 4 is 5.91 Å². The second kappa shape index (κ2) is 6.23. The Morgan fingerprint density at radius 3 is 3.05 bits per heavy atom. The van der Waals surface area contributed by atoms with Crippen LogP contribution in [0.5, 0.6) is 0 Å². The summed E-state index contributed by atoms with van der Waals surface area (Å²) >= 11 is 0. The van der Waals surface area contributed by atoms with E-state index >= 15 is 0 Å². The molecule has 22 heavy (non-hydrogen) atoms. The van der Waals surface area contributed by atoms with Gasteiger partial charge < -0.3 is 10.3 Å². The Morgan fingerprint density at radius 2 is 2.32 bits per heavy atom. The fourth-order valence-corrected chi connectivity index (χ4v) is 2.87. The lowest BCUT2D eigenvalue weighted by Gasteiger charge is -2.35. The number of carbonyl (C=O) groups excluding carboxylic acids is 1. The van der Waals surface area contributed by atoms with Crippen LogP contribution in [-0.4, -0.2) is 27.5 Å². The van der Waals surface area contributed by atoms with Crippen LogP contribution < -0.4 is 5.73 Å². The van der Waals surface area contributed by atoms with Crippen molar-refractivity contribution in [2.75, 3.05) is 6.54 Å². The molecule has 7 heteroatoms. The lowest BCUT2D eigenvalue weighted by Crippen LogP contribution is -2.33. The van der Waals surface area contributed by atoms with Gasteiger partial charge in [-0.2, -0.15) is 4.98 Å². The number of nitrogens with zero attached hydrogens (tertiary/aromatic N) is 3. The van der Waals surface area contributed by atoms with Gasteiger partial charge in [0, 0.05) is 6.04 Å². The lowest BCUT2D eigenvalue weighted by molar-refractivity contribution is 0.0958. The highest BCUT2D eigenvalue weighted by Gasteiger charge is 2.26. The molecule has 116 valence electrons. The summed E-state index contributed by atoms with van der Waals surface area (Å²) in [6, 6.07) is 6.76. The molecule has 3 rings (SSSR count). The second-order valence-corrected chi connectivity index (χ2v) is 5.42. The number of halogens is 1. The molecule has 1 unspecified atom stereocenters. The van der Waals surface area contributed by atoms with Gasteiger partial charge in [-0.3, -0.25) is 9.69 Å². The highest BCUT2D eigenvalue weighted by atomic mass is 19.1. The van der Waals surface area contributed by atoms with Crippen LogP contribution in [0.1, 0.15) is 47.4 Å². The highest BCUT2D eigenvalue weighted by Crippen LogP contribution is 2.32. The van der Waals surface area contributed by atoms with Crippen molar-refractivity contribution in [3.05, 3.63) is 47.4 Å². The van der Waals surface area contributed by atoms with Crippen LogP contribution in [0.2, 0.25) is 0 Å². The molecule has 1 atom stereocenters. The first kappa shape index (κ1) is 14.6. The van der Waals surface area contributed by atoms with Crippen LogP contribution in [0.25, 0.3) is 0 Å². The van der Waals surface area contributed by atoms with Crippen molar-refractivity contribution in [3.63, 3.8) is 0 Å². The molecular weight excluding hydrogens is 287 g/mol. The van der Waals surface area contributed by atoms with Crippen LogP contribution in [-0.2, 0) is 6.54 Å². The summed E-state index contributed by atoms with van der Waals surface area (Å²) in [7, 11) is 0. The van der Waals surface area contributed by atoms with E-state index in [-0.39, 0.29) is 17.7 Å². The van der Waals surface area contributed by atoms with E-state index in [0.717, 1.165) is 31.4 Å². The largest absolute Gasteiger partial charge is 0.361 e. The Bertz CT molecular complexity index is 673. The number of piperidine rings is 1. The molecule has 2 heterocycles. The molecule has 0 saturated carbocycles. The Kier molecular flexibility index (Phi) is 4.15. The molecule has 6 nitrogen and oxygen atoms in total. The second-order valence-electron chi connectivity index (χ2n) is 5.42. The molecule has 1 aliphatic heterocycles. The zero-order valence-corrected chi connectivity index (χ0v) is 12.0. The number of nitrogens with two attached hydrogens (primary N) is 1. The number of likely N-dealkylation sites (tertiary alicyclic amines) is 1. The summed E-state index contributed by atoms with van der Waals surface area (Å²) in [5.74, 6) is -0.746. The van der Waals surface area contributed by atoms with E-state index in [4.69, 9.17) is 10.3 Å². The van der Waals surface area contributed by atoms with Gasteiger partial charge in [-0.15, -0.1) is 0 Å². The molecule has 1 fully saturated rings. The van der Waals surface area contributed by atoms with Crippen LogP contribution in [0, 0.1) is 5.82 Å². The standard InChI is InChI=1S/C15H17FN4O2/c16-11-5-3-4-10(8-11)12-6-1-2-7-20(12)9-13-18-15(14(17)21)22-19-13/h3-5,8,12H,1-2,6-7,9H2,(H2,17,21). The average Bonchev–Trinajstić information content (AvgIpc) is 2.97. The molecule has 1 aromatic heterocycles. The molecule has 1 aromatic carbocycles. The quantitative estimate of drug-likeness (QED) is 0.934. The van der Waals surface area contributed by atoms with Crippen LogP contribution in [0.3, 0.4) is 0 Å². The summed E-state index contributed by atoms with van der Waals surface area (Å²) in [5.41, 5.74) is 6.05. The van der Waals surface area contributed by atoms with Gasteiger partial charge in [0.05, 0.1) is 6.54 Å². The molecular formula is C15H17FN4O2. The van der Waals surface area contributed by atoms with E-state index in [1.807, 2.05) is 6.07 Å². The van der Waals surface area contributed by atoms with E-state index in [1.54, 1.807) is 12.1 Å². The van der Waals surface area contributed by atoms with Crippen LogP contribution in [0.15, 0.2) is 28.8 Å². The SMILES string of the molecule is NC(=O)c1nc(CN2CCCCC2c2cccc(F)c2)no1. The Morgan fingerprint density at radius 1 is 1.45 bits per heavy atom. The van der Waals surface area contributed by atoms with E-state index in [0.29, 0.717) is 12.4 Å². The van der Waals surface area contributed by atoms with Crippen molar-refractivity contribution in [1.82, 2.24) is 15.0 Å². The van der Waals surface area contributed by atoms with Gasteiger partial charge in [-0.1, -0.05) is 23.7 Å². The number of carbonyl (C=O) groups is 1. The monoisotopic (exact) mass is 304 g/mol. The molecule has 0 bridgehead atoms.